The van der Waals surface area contributed by atoms with Crippen LogP contribution in [0.2, 0.25) is 0 Å². The van der Waals surface area contributed by atoms with Gasteiger partial charge in [0.2, 0.25) is 0 Å². The van der Waals surface area contributed by atoms with E-state index in [2.05, 4.69) is 54.8 Å². The first-order valence-corrected chi connectivity index (χ1v) is 5.05. The minimum Gasteiger partial charge on any atom is -1.00 e. The maximum atomic E-state index is 2.35. The van der Waals surface area contributed by atoms with Gasteiger partial charge in [0, 0.05) is 30.9 Å². The van der Waals surface area contributed by atoms with Crippen LogP contribution in [-0.4, -0.2) is 13.1 Å². The lowest BCUT2D eigenvalue weighted by Crippen LogP contribution is -3.00. The summed E-state index contributed by atoms with van der Waals surface area (Å²) in [5, 5.41) is 0. The summed E-state index contributed by atoms with van der Waals surface area (Å²) in [6.07, 6.45) is 4.27. The van der Waals surface area contributed by atoms with E-state index in [0.29, 0.717) is 0 Å². The molecular formula is C11H19ClN2. The fourth-order valence-electron chi connectivity index (χ4n) is 1.46. The summed E-state index contributed by atoms with van der Waals surface area (Å²) in [5.41, 5.74) is 1.31. The lowest BCUT2D eigenvalue weighted by Gasteiger charge is -2.19. The quantitative estimate of drug-likeness (QED) is 0.574. The minimum atomic E-state index is 0. The van der Waals surface area contributed by atoms with Crippen molar-refractivity contribution in [2.75, 3.05) is 18.0 Å². The maximum Gasteiger partial charge on any atom is 0.170 e. The molecule has 0 spiro atoms. The molecule has 2 nitrogen and oxygen atoms in total. The predicted molar refractivity (Wildman–Crippen MR) is 55.9 cm³/mol. The van der Waals surface area contributed by atoms with E-state index in [4.69, 9.17) is 0 Å². The number of aromatic nitrogens is 1. The van der Waals surface area contributed by atoms with E-state index in [0.717, 1.165) is 19.6 Å². The number of rotatable bonds is 4. The highest BCUT2D eigenvalue weighted by Gasteiger charge is 2.02. The molecule has 0 saturated heterocycles. The van der Waals surface area contributed by atoms with Crippen LogP contribution in [0.4, 0.5) is 5.69 Å². The van der Waals surface area contributed by atoms with Gasteiger partial charge in [-0.15, -0.1) is 0 Å². The van der Waals surface area contributed by atoms with Crippen LogP contribution in [0.5, 0.6) is 0 Å². The average Bonchev–Trinajstić information content (AvgIpc) is 2.21. The molecule has 0 bridgehead atoms. The van der Waals surface area contributed by atoms with Gasteiger partial charge in [-0.05, 0) is 20.8 Å². The van der Waals surface area contributed by atoms with Crippen LogP contribution in [0.25, 0.3) is 0 Å². The molecule has 0 aromatic carbocycles. The topological polar surface area (TPSA) is 7.12 Å². The monoisotopic (exact) mass is 214 g/mol. The van der Waals surface area contributed by atoms with Crippen LogP contribution in [0.15, 0.2) is 24.5 Å². The van der Waals surface area contributed by atoms with Crippen LogP contribution < -0.4 is 21.9 Å². The molecular weight excluding hydrogens is 196 g/mol. The highest BCUT2D eigenvalue weighted by atomic mass is 35.5. The van der Waals surface area contributed by atoms with Crippen molar-refractivity contribution >= 4 is 5.69 Å². The summed E-state index contributed by atoms with van der Waals surface area (Å²) in [4.78, 5) is 2.35. The Morgan fingerprint density at radius 1 is 1.07 bits per heavy atom. The van der Waals surface area contributed by atoms with Gasteiger partial charge in [-0.2, -0.15) is 0 Å². The van der Waals surface area contributed by atoms with Crippen LogP contribution >= 0.6 is 0 Å². The lowest BCUT2D eigenvalue weighted by atomic mass is 10.3. The number of hydrogen-bond acceptors (Lipinski definition) is 1. The fraction of sp³-hybridized carbons (Fsp3) is 0.545. The minimum absolute atomic E-state index is 0. The zero-order chi connectivity index (χ0) is 9.68. The molecule has 1 heterocycles. The summed E-state index contributed by atoms with van der Waals surface area (Å²) in [7, 11) is 0. The van der Waals surface area contributed by atoms with E-state index in [1.807, 2.05) is 0 Å². The molecule has 1 aromatic heterocycles. The molecule has 0 fully saturated rings. The van der Waals surface area contributed by atoms with Crippen molar-refractivity contribution in [3.8, 4) is 0 Å². The van der Waals surface area contributed by atoms with Crippen molar-refractivity contribution < 1.29 is 17.0 Å². The maximum absolute atomic E-state index is 2.35. The Morgan fingerprint density at radius 3 is 1.93 bits per heavy atom. The number of hydrogen-bond donors (Lipinski definition) is 0. The van der Waals surface area contributed by atoms with Gasteiger partial charge in [0.1, 0.15) is 6.54 Å². The Morgan fingerprint density at radius 2 is 1.57 bits per heavy atom. The highest BCUT2D eigenvalue weighted by molar-refractivity contribution is 5.43. The van der Waals surface area contributed by atoms with Crippen molar-refractivity contribution in [2.45, 2.75) is 27.3 Å². The standard InChI is InChI=1S/C11H19N2.ClH/c1-4-12-9-7-11(8-10-12)13(5-2)6-3;/h7-10H,4-6H2,1-3H3;1H/q+1;/p-1. The van der Waals surface area contributed by atoms with E-state index in [-0.39, 0.29) is 12.4 Å². The van der Waals surface area contributed by atoms with E-state index < -0.39 is 0 Å². The highest BCUT2D eigenvalue weighted by Crippen LogP contribution is 2.09. The van der Waals surface area contributed by atoms with Crippen LogP contribution in [0.3, 0.4) is 0 Å². The third kappa shape index (κ3) is 3.18. The summed E-state index contributed by atoms with van der Waals surface area (Å²) in [6.45, 7) is 9.71. The largest absolute Gasteiger partial charge is 1.00 e. The van der Waals surface area contributed by atoms with Gasteiger partial charge in [0.05, 0.1) is 0 Å². The molecule has 1 aromatic rings. The van der Waals surface area contributed by atoms with Gasteiger partial charge in [0.15, 0.2) is 12.4 Å². The van der Waals surface area contributed by atoms with E-state index in [9.17, 15) is 0 Å². The molecule has 0 atom stereocenters. The van der Waals surface area contributed by atoms with Gasteiger partial charge in [-0.25, -0.2) is 4.57 Å². The second-order valence-corrected chi connectivity index (χ2v) is 3.06. The SMILES string of the molecule is CCN(CC)c1cc[n+](CC)cc1.[Cl-]. The predicted octanol–water partition coefficient (Wildman–Crippen LogP) is -1.16. The smallest absolute Gasteiger partial charge is 0.170 e. The summed E-state index contributed by atoms with van der Waals surface area (Å²) in [6, 6.07) is 4.35. The Bertz CT molecular complexity index is 242. The zero-order valence-electron chi connectivity index (χ0n) is 9.20. The lowest BCUT2D eigenvalue weighted by molar-refractivity contribution is -0.693. The number of anilines is 1. The number of pyridine rings is 1. The van der Waals surface area contributed by atoms with Crippen molar-refractivity contribution in [1.82, 2.24) is 0 Å². The Labute approximate surface area is 93.0 Å². The van der Waals surface area contributed by atoms with Gasteiger partial charge in [-0.3, -0.25) is 0 Å². The second-order valence-electron chi connectivity index (χ2n) is 3.06. The first kappa shape index (κ1) is 13.2. The Kier molecular flexibility index (Phi) is 6.30. The molecule has 0 aliphatic rings. The molecule has 0 N–H and O–H groups in total. The molecule has 80 valence electrons. The molecule has 0 aliphatic heterocycles. The molecule has 0 amide bonds. The zero-order valence-corrected chi connectivity index (χ0v) is 9.96. The average molecular weight is 215 g/mol. The van der Waals surface area contributed by atoms with Gasteiger partial charge in [0.25, 0.3) is 0 Å². The number of nitrogens with zero attached hydrogens (tertiary/aromatic N) is 2. The molecule has 0 aliphatic carbocycles. The third-order valence-corrected chi connectivity index (χ3v) is 2.37. The first-order chi connectivity index (χ1) is 6.31. The van der Waals surface area contributed by atoms with Gasteiger partial charge >= 0.3 is 0 Å². The van der Waals surface area contributed by atoms with Gasteiger partial charge < -0.3 is 17.3 Å². The van der Waals surface area contributed by atoms with Crippen molar-refractivity contribution in [1.29, 1.82) is 0 Å². The molecule has 3 heteroatoms. The third-order valence-electron chi connectivity index (χ3n) is 2.37. The Balaban J connectivity index is 0.00000169. The van der Waals surface area contributed by atoms with Crippen molar-refractivity contribution in [2.24, 2.45) is 0 Å². The molecule has 0 saturated carbocycles. The molecule has 1 rings (SSSR count). The Hall–Kier alpha value is -0.760. The summed E-state index contributed by atoms with van der Waals surface area (Å²) < 4.78 is 2.17. The second kappa shape index (κ2) is 6.66. The summed E-state index contributed by atoms with van der Waals surface area (Å²) >= 11 is 0. The first-order valence-electron chi connectivity index (χ1n) is 5.05. The van der Waals surface area contributed by atoms with E-state index in [1.165, 1.54) is 5.69 Å². The van der Waals surface area contributed by atoms with Crippen molar-refractivity contribution in [3.63, 3.8) is 0 Å². The molecule has 0 radical (unpaired) electrons. The molecule has 14 heavy (non-hydrogen) atoms. The normalized spacial score (nSPS) is 9.36. The van der Waals surface area contributed by atoms with Crippen LogP contribution in [0, 0.1) is 0 Å². The number of aryl methyl sites for hydroxylation is 1. The van der Waals surface area contributed by atoms with Crippen LogP contribution in [0.1, 0.15) is 20.8 Å². The molecule has 0 unspecified atom stereocenters. The van der Waals surface area contributed by atoms with Crippen molar-refractivity contribution in [3.05, 3.63) is 24.5 Å². The summed E-state index contributed by atoms with van der Waals surface area (Å²) in [5.74, 6) is 0. The van der Waals surface area contributed by atoms with E-state index >= 15 is 0 Å². The van der Waals surface area contributed by atoms with E-state index in [1.54, 1.807) is 0 Å². The number of halogens is 1. The fourth-order valence-corrected chi connectivity index (χ4v) is 1.46. The van der Waals surface area contributed by atoms with Gasteiger partial charge in [-0.1, -0.05) is 0 Å². The van der Waals surface area contributed by atoms with Crippen LogP contribution in [-0.2, 0) is 6.54 Å².